The van der Waals surface area contributed by atoms with Crippen molar-refractivity contribution in [2.75, 3.05) is 20.3 Å². The van der Waals surface area contributed by atoms with Crippen molar-refractivity contribution in [2.24, 2.45) is 0 Å². The van der Waals surface area contributed by atoms with Gasteiger partial charge in [0.25, 0.3) is 5.91 Å². The Morgan fingerprint density at radius 3 is 2.36 bits per heavy atom. The first kappa shape index (κ1) is 32.4. The second kappa shape index (κ2) is 13.1. The van der Waals surface area contributed by atoms with Crippen LogP contribution < -0.4 is 15.2 Å². The van der Waals surface area contributed by atoms with Crippen LogP contribution in [0.1, 0.15) is 44.1 Å². The van der Waals surface area contributed by atoms with Crippen molar-refractivity contribution in [1.29, 1.82) is 0 Å². The van der Waals surface area contributed by atoms with E-state index in [1.54, 1.807) is 30.2 Å². The minimum atomic E-state index is -4.51. The SMILES string of the molecule is COc1ccc(CCC(=O)c2c3n(c(=O)n2-c2ccc(OCC(F)(F)F)cc2)CCN(C(=O)c2ccc(Br)c(Cl)c2)C3)c(C)c1. The largest absolute Gasteiger partial charge is 0.497 e. The van der Waals surface area contributed by atoms with E-state index in [1.165, 1.54) is 33.4 Å². The van der Waals surface area contributed by atoms with E-state index in [0.29, 0.717) is 32.9 Å². The maximum absolute atomic E-state index is 14.0. The van der Waals surface area contributed by atoms with Gasteiger partial charge in [-0.2, -0.15) is 13.2 Å². The van der Waals surface area contributed by atoms with Gasteiger partial charge in [0.15, 0.2) is 12.4 Å². The van der Waals surface area contributed by atoms with Gasteiger partial charge in [-0.05, 0) is 95.0 Å². The lowest BCUT2D eigenvalue weighted by Crippen LogP contribution is -2.41. The number of amides is 1. The van der Waals surface area contributed by atoms with Gasteiger partial charge in [-0.3, -0.25) is 18.7 Å². The van der Waals surface area contributed by atoms with Gasteiger partial charge >= 0.3 is 11.9 Å². The number of hydrogen-bond acceptors (Lipinski definition) is 5. The van der Waals surface area contributed by atoms with Crippen LogP contribution in [-0.2, 0) is 19.5 Å². The Hall–Kier alpha value is -4.03. The van der Waals surface area contributed by atoms with E-state index >= 15 is 0 Å². The van der Waals surface area contributed by atoms with Crippen molar-refractivity contribution in [3.63, 3.8) is 0 Å². The summed E-state index contributed by atoms with van der Waals surface area (Å²) in [5, 5.41) is 0.369. The maximum atomic E-state index is 14.0. The molecule has 0 spiro atoms. The van der Waals surface area contributed by atoms with E-state index < -0.39 is 18.5 Å². The van der Waals surface area contributed by atoms with Gasteiger partial charge in [0.05, 0.1) is 30.1 Å². The summed E-state index contributed by atoms with van der Waals surface area (Å²) in [5.41, 5.74) is 2.51. The van der Waals surface area contributed by atoms with Crippen molar-refractivity contribution in [3.05, 3.63) is 109 Å². The summed E-state index contributed by atoms with van der Waals surface area (Å²) in [4.78, 5) is 42.7. The zero-order valence-electron chi connectivity index (χ0n) is 24.3. The number of Topliss-reactive ketones (excluding diaryl/α,β-unsaturated/α-hetero) is 1. The summed E-state index contributed by atoms with van der Waals surface area (Å²) < 4.78 is 51.4. The van der Waals surface area contributed by atoms with Crippen LogP contribution in [0.4, 0.5) is 13.2 Å². The molecule has 45 heavy (non-hydrogen) atoms. The average Bonchev–Trinajstić information content (AvgIpc) is 3.31. The maximum Gasteiger partial charge on any atom is 0.422 e. The number of imidazole rings is 1. The van der Waals surface area contributed by atoms with Crippen LogP contribution in [-0.4, -0.2) is 52.2 Å². The summed E-state index contributed by atoms with van der Waals surface area (Å²) in [7, 11) is 1.57. The molecular formula is C32H28BrClF3N3O5. The number of hydrogen-bond donors (Lipinski definition) is 0. The fraction of sp³-hybridized carbons (Fsp3) is 0.281. The Morgan fingerprint density at radius 2 is 1.71 bits per heavy atom. The molecule has 0 atom stereocenters. The summed E-state index contributed by atoms with van der Waals surface area (Å²) in [6, 6.07) is 15.9. The normalized spacial score (nSPS) is 13.0. The number of ketones is 1. The standard InChI is InChI=1S/C32H28BrClF3N3O5/c1-19-15-24(44-2)8-3-20(19)5-12-28(41)29-27-17-38(30(42)21-4-11-25(33)26(34)16-21)13-14-39(27)31(43)40(29)22-6-9-23(10-7-22)45-18-32(35,36)37/h3-4,6-11,15-16H,5,12-14,17-18H2,1-2H3. The molecule has 0 radical (unpaired) electrons. The number of methoxy groups -OCH3 is 1. The smallest absolute Gasteiger partial charge is 0.422 e. The molecule has 236 valence electrons. The second-order valence-electron chi connectivity index (χ2n) is 10.5. The number of nitrogens with zero attached hydrogens (tertiary/aromatic N) is 3. The minimum absolute atomic E-state index is 0.00975. The third-order valence-electron chi connectivity index (χ3n) is 7.57. The summed E-state index contributed by atoms with van der Waals surface area (Å²) >= 11 is 9.54. The highest BCUT2D eigenvalue weighted by molar-refractivity contribution is 9.10. The number of rotatable bonds is 9. The van der Waals surface area contributed by atoms with E-state index in [1.807, 2.05) is 25.1 Å². The molecule has 13 heteroatoms. The molecule has 0 fully saturated rings. The number of fused-ring (bicyclic) bond motifs is 1. The molecule has 4 aromatic rings. The molecule has 0 unspecified atom stereocenters. The molecule has 1 aliphatic rings. The average molecular weight is 707 g/mol. The summed E-state index contributed by atoms with van der Waals surface area (Å²) in [6.45, 7) is 0.797. The monoisotopic (exact) mass is 705 g/mol. The minimum Gasteiger partial charge on any atom is -0.497 e. The number of benzene rings is 3. The number of halogens is 5. The van der Waals surface area contributed by atoms with E-state index in [0.717, 1.165) is 11.1 Å². The van der Waals surface area contributed by atoms with Crippen molar-refractivity contribution in [3.8, 4) is 17.2 Å². The molecule has 5 rings (SSSR count). The summed E-state index contributed by atoms with van der Waals surface area (Å²) in [6.07, 6.45) is -4.06. The number of aryl methyl sites for hydroxylation is 2. The molecule has 0 saturated heterocycles. The van der Waals surface area contributed by atoms with Gasteiger partial charge in [-0.1, -0.05) is 17.7 Å². The van der Waals surface area contributed by atoms with Gasteiger partial charge in [0, 0.05) is 29.5 Å². The van der Waals surface area contributed by atoms with Crippen molar-refractivity contribution < 1.29 is 32.2 Å². The highest BCUT2D eigenvalue weighted by Gasteiger charge is 2.32. The molecule has 1 amide bonds. The Labute approximate surface area is 270 Å². The van der Waals surface area contributed by atoms with Crippen molar-refractivity contribution in [1.82, 2.24) is 14.0 Å². The third-order valence-corrected chi connectivity index (χ3v) is 8.80. The van der Waals surface area contributed by atoms with Gasteiger partial charge in [0.2, 0.25) is 0 Å². The van der Waals surface area contributed by atoms with E-state index in [9.17, 15) is 27.6 Å². The van der Waals surface area contributed by atoms with Crippen LogP contribution in [0.5, 0.6) is 11.5 Å². The third kappa shape index (κ3) is 7.12. The number of ether oxygens (including phenoxy) is 2. The van der Waals surface area contributed by atoms with Gasteiger partial charge < -0.3 is 14.4 Å². The first-order valence-corrected chi connectivity index (χ1v) is 15.1. The van der Waals surface area contributed by atoms with Crippen LogP contribution in [0.25, 0.3) is 5.69 Å². The van der Waals surface area contributed by atoms with E-state index in [2.05, 4.69) is 15.9 Å². The van der Waals surface area contributed by atoms with Crippen molar-refractivity contribution >= 4 is 39.2 Å². The fourth-order valence-corrected chi connectivity index (χ4v) is 5.70. The van der Waals surface area contributed by atoms with Crippen LogP contribution in [0.2, 0.25) is 5.02 Å². The van der Waals surface area contributed by atoms with E-state index in [-0.39, 0.29) is 54.9 Å². The molecule has 2 heterocycles. The lowest BCUT2D eigenvalue weighted by Gasteiger charge is -2.28. The summed E-state index contributed by atoms with van der Waals surface area (Å²) in [5.74, 6) is 0.0157. The number of carbonyl (C=O) groups excluding carboxylic acids is 2. The number of carbonyl (C=O) groups is 2. The molecule has 0 aliphatic carbocycles. The zero-order chi connectivity index (χ0) is 32.5. The molecule has 1 aliphatic heterocycles. The predicted molar refractivity (Wildman–Crippen MR) is 166 cm³/mol. The molecule has 3 aromatic carbocycles. The molecule has 0 saturated carbocycles. The molecule has 8 nitrogen and oxygen atoms in total. The quantitative estimate of drug-likeness (QED) is 0.179. The predicted octanol–water partition coefficient (Wildman–Crippen LogP) is 6.78. The van der Waals surface area contributed by atoms with Crippen LogP contribution in [0.3, 0.4) is 0 Å². The molecule has 1 aromatic heterocycles. The Morgan fingerprint density at radius 1 is 1.00 bits per heavy atom. The number of alkyl halides is 3. The molecule has 0 N–H and O–H groups in total. The second-order valence-corrected chi connectivity index (χ2v) is 11.8. The van der Waals surface area contributed by atoms with Gasteiger partial charge in [0.1, 0.15) is 17.2 Å². The lowest BCUT2D eigenvalue weighted by molar-refractivity contribution is -0.153. The van der Waals surface area contributed by atoms with Crippen LogP contribution in [0, 0.1) is 6.92 Å². The number of aromatic nitrogens is 2. The Kier molecular flexibility index (Phi) is 9.45. The van der Waals surface area contributed by atoms with Crippen molar-refractivity contribution in [2.45, 2.75) is 39.0 Å². The van der Waals surface area contributed by atoms with Crippen LogP contribution in [0.15, 0.2) is 69.9 Å². The van der Waals surface area contributed by atoms with Crippen LogP contribution >= 0.6 is 27.5 Å². The topological polar surface area (TPSA) is 82.8 Å². The van der Waals surface area contributed by atoms with Gasteiger partial charge in [-0.15, -0.1) is 0 Å². The van der Waals surface area contributed by atoms with Gasteiger partial charge in [-0.25, -0.2) is 4.79 Å². The Balaban J connectivity index is 1.50. The first-order valence-electron chi connectivity index (χ1n) is 13.9. The highest BCUT2D eigenvalue weighted by atomic mass is 79.9. The zero-order valence-corrected chi connectivity index (χ0v) is 26.6. The lowest BCUT2D eigenvalue weighted by atomic mass is 10.00. The first-order chi connectivity index (χ1) is 21.4. The Bertz CT molecular complexity index is 1820. The van der Waals surface area contributed by atoms with E-state index in [4.69, 9.17) is 21.1 Å². The molecule has 0 bridgehead atoms. The highest BCUT2D eigenvalue weighted by Crippen LogP contribution is 2.28. The molecular weight excluding hydrogens is 679 g/mol. The fourth-order valence-electron chi connectivity index (χ4n) is 5.27.